The second-order valence-corrected chi connectivity index (χ2v) is 8.40. The van der Waals surface area contributed by atoms with Crippen LogP contribution in [0.25, 0.3) is 11.3 Å². The first kappa shape index (κ1) is 29.0. The van der Waals surface area contributed by atoms with Crippen LogP contribution in [0.1, 0.15) is 6.42 Å². The van der Waals surface area contributed by atoms with E-state index in [9.17, 15) is 35.5 Å². The topological polar surface area (TPSA) is 82.6 Å². The number of hydrogen-bond acceptors (Lipinski definition) is 5. The molecular weight excluding hydrogens is 549 g/mol. The molecule has 2 N–H and O–H groups in total. The fourth-order valence-corrected chi connectivity index (χ4v) is 3.79. The van der Waals surface area contributed by atoms with Gasteiger partial charge in [-0.15, -0.1) is 0 Å². The molecule has 1 heterocycles. The summed E-state index contributed by atoms with van der Waals surface area (Å²) in [4.78, 5) is 12.5. The van der Waals surface area contributed by atoms with Crippen LogP contribution >= 0.6 is 11.6 Å². The van der Waals surface area contributed by atoms with E-state index in [2.05, 4.69) is 5.10 Å². The zero-order chi connectivity index (χ0) is 28.4. The lowest BCUT2D eigenvalue weighted by molar-refractivity contribution is -0.169. The number of nitrogens with two attached hydrogens (primary N) is 1. The van der Waals surface area contributed by atoms with Gasteiger partial charge in [0.1, 0.15) is 18.1 Å². The van der Waals surface area contributed by atoms with E-state index < -0.39 is 54.5 Å². The maximum Gasteiger partial charge on any atom is 0.472 e. The van der Waals surface area contributed by atoms with E-state index in [0.29, 0.717) is 0 Å². The Hall–Kier alpha value is -3.52. The first-order chi connectivity index (χ1) is 17.6. The van der Waals surface area contributed by atoms with Gasteiger partial charge in [0, 0.05) is 24.7 Å². The van der Waals surface area contributed by atoms with Crippen molar-refractivity contribution in [3.63, 3.8) is 0 Å². The van der Waals surface area contributed by atoms with E-state index in [1.165, 1.54) is 25.0 Å². The van der Waals surface area contributed by atoms with E-state index in [0.717, 1.165) is 36.4 Å². The molecule has 206 valence electrons. The number of amides is 1. The van der Waals surface area contributed by atoms with Gasteiger partial charge >= 0.3 is 18.3 Å². The molecule has 2 aromatic carbocycles. The molecule has 1 aromatic heterocycles. The van der Waals surface area contributed by atoms with Gasteiger partial charge in [-0.1, -0.05) is 11.6 Å². The van der Waals surface area contributed by atoms with Gasteiger partial charge in [-0.3, -0.25) is 14.4 Å². The molecule has 0 bridgehead atoms. The molecule has 0 saturated heterocycles. The summed E-state index contributed by atoms with van der Waals surface area (Å²) in [5.41, 5.74) is 4.37. The molecule has 0 spiro atoms. The monoisotopic (exact) mass is 568 g/mol. The Morgan fingerprint density at radius 2 is 1.84 bits per heavy atom. The summed E-state index contributed by atoms with van der Waals surface area (Å²) in [5.74, 6) is -3.73. The molecule has 1 amide bonds. The molecule has 7 nitrogen and oxygen atoms in total. The van der Waals surface area contributed by atoms with Crippen molar-refractivity contribution in [3.8, 4) is 22.8 Å². The number of anilines is 2. The van der Waals surface area contributed by atoms with Crippen molar-refractivity contribution in [1.82, 2.24) is 9.78 Å². The van der Waals surface area contributed by atoms with E-state index >= 15 is 0 Å². The molecule has 0 radical (unpaired) electrons. The standard InChI is InChI=1S/C23H20ClF7N4O3/c1-34-20(16(24)10-33-34)15-7-13(3-6-19(15)38-11-12(32)9-22(26,27)28)35(21(36)23(29,30)31)18-5-4-14(37-2)8-17(18)25/h3-8,10,12H,9,11,32H2,1-2H3. The molecule has 38 heavy (non-hydrogen) atoms. The van der Waals surface area contributed by atoms with Crippen molar-refractivity contribution in [2.24, 2.45) is 12.8 Å². The second-order valence-electron chi connectivity index (χ2n) is 7.99. The summed E-state index contributed by atoms with van der Waals surface area (Å²) < 4.78 is 105. The number of carbonyl (C=O) groups excluding carboxylic acids is 1. The number of aromatic nitrogens is 2. The molecule has 0 aliphatic heterocycles. The third-order valence-electron chi connectivity index (χ3n) is 5.16. The molecule has 0 aliphatic rings. The lowest BCUT2D eigenvalue weighted by Gasteiger charge is -2.26. The predicted molar refractivity (Wildman–Crippen MR) is 124 cm³/mol. The largest absolute Gasteiger partial charge is 0.497 e. The fraction of sp³-hybridized carbons (Fsp3) is 0.304. The molecule has 0 aliphatic carbocycles. The van der Waals surface area contributed by atoms with Crippen LogP contribution in [-0.4, -0.2) is 47.8 Å². The summed E-state index contributed by atoms with van der Waals surface area (Å²) in [6.07, 6.45) is -10.1. The second kappa shape index (κ2) is 11.1. The van der Waals surface area contributed by atoms with Gasteiger partial charge in [0.25, 0.3) is 0 Å². The number of methoxy groups -OCH3 is 1. The molecule has 0 saturated carbocycles. The number of nitrogens with zero attached hydrogens (tertiary/aromatic N) is 3. The molecule has 1 atom stereocenters. The fourth-order valence-electron chi connectivity index (χ4n) is 3.52. The summed E-state index contributed by atoms with van der Waals surface area (Å²) >= 11 is 6.20. The minimum atomic E-state index is -5.41. The summed E-state index contributed by atoms with van der Waals surface area (Å²) in [6.45, 7) is -0.611. The number of rotatable bonds is 8. The van der Waals surface area contributed by atoms with Crippen LogP contribution in [0.3, 0.4) is 0 Å². The minimum Gasteiger partial charge on any atom is -0.497 e. The van der Waals surface area contributed by atoms with Crippen molar-refractivity contribution in [2.75, 3.05) is 18.6 Å². The highest BCUT2D eigenvalue weighted by Crippen LogP contribution is 2.41. The van der Waals surface area contributed by atoms with Crippen molar-refractivity contribution >= 4 is 28.9 Å². The highest BCUT2D eigenvalue weighted by molar-refractivity contribution is 6.33. The van der Waals surface area contributed by atoms with Crippen molar-refractivity contribution in [2.45, 2.75) is 24.8 Å². The van der Waals surface area contributed by atoms with E-state index in [1.807, 2.05) is 0 Å². The number of ether oxygens (including phenoxy) is 2. The third-order valence-corrected chi connectivity index (χ3v) is 5.44. The van der Waals surface area contributed by atoms with Gasteiger partial charge in [0.05, 0.1) is 41.8 Å². The number of aryl methyl sites for hydroxylation is 1. The number of hydrogen-bond donors (Lipinski definition) is 1. The van der Waals surface area contributed by atoms with E-state index in [4.69, 9.17) is 26.8 Å². The Morgan fingerprint density at radius 1 is 1.16 bits per heavy atom. The first-order valence-corrected chi connectivity index (χ1v) is 11.0. The summed E-state index contributed by atoms with van der Waals surface area (Å²) in [7, 11) is 2.66. The zero-order valence-corrected chi connectivity index (χ0v) is 20.5. The highest BCUT2D eigenvalue weighted by atomic mass is 35.5. The Balaban J connectivity index is 2.15. The minimum absolute atomic E-state index is 0.00745. The van der Waals surface area contributed by atoms with Gasteiger partial charge in [0.2, 0.25) is 0 Å². The average molecular weight is 569 g/mol. The maximum atomic E-state index is 14.8. The Kier molecular flexibility index (Phi) is 8.46. The quantitative estimate of drug-likeness (QED) is 0.349. The highest BCUT2D eigenvalue weighted by Gasteiger charge is 2.44. The normalized spacial score (nSPS) is 12.8. The maximum absolute atomic E-state index is 14.8. The molecule has 15 heteroatoms. The Labute approximate surface area is 216 Å². The van der Waals surface area contributed by atoms with E-state index in [1.54, 1.807) is 0 Å². The van der Waals surface area contributed by atoms with Crippen LogP contribution < -0.4 is 20.1 Å². The smallest absolute Gasteiger partial charge is 0.472 e. The van der Waals surface area contributed by atoms with Gasteiger partial charge in [-0.2, -0.15) is 31.4 Å². The summed E-state index contributed by atoms with van der Waals surface area (Å²) in [5, 5.41) is 3.95. The lowest BCUT2D eigenvalue weighted by Crippen LogP contribution is -2.38. The molecule has 3 rings (SSSR count). The molecule has 3 aromatic rings. The van der Waals surface area contributed by atoms with Gasteiger partial charge in [-0.25, -0.2) is 4.39 Å². The van der Waals surface area contributed by atoms with Crippen LogP contribution in [0.2, 0.25) is 5.02 Å². The lowest BCUT2D eigenvalue weighted by atomic mass is 10.1. The summed E-state index contributed by atoms with van der Waals surface area (Å²) in [6, 6.07) is 4.58. The van der Waals surface area contributed by atoms with Gasteiger partial charge in [0.15, 0.2) is 5.82 Å². The van der Waals surface area contributed by atoms with Crippen molar-refractivity contribution in [3.05, 3.63) is 53.4 Å². The van der Waals surface area contributed by atoms with E-state index in [-0.39, 0.29) is 32.7 Å². The molecule has 0 fully saturated rings. The SMILES string of the molecule is COc1ccc(N(C(=O)C(F)(F)F)c2ccc(OCC(N)CC(F)(F)F)c(-c3c(Cl)cnn3C)c2)c(F)c1. The van der Waals surface area contributed by atoms with Crippen LogP contribution in [0.5, 0.6) is 11.5 Å². The van der Waals surface area contributed by atoms with Crippen LogP contribution in [0.15, 0.2) is 42.6 Å². The number of benzene rings is 2. The Bertz CT molecular complexity index is 1290. The van der Waals surface area contributed by atoms with Crippen LogP contribution in [0, 0.1) is 5.82 Å². The zero-order valence-electron chi connectivity index (χ0n) is 19.7. The van der Waals surface area contributed by atoms with Gasteiger partial charge in [-0.05, 0) is 30.3 Å². The first-order valence-electron chi connectivity index (χ1n) is 10.6. The number of halogens is 8. The van der Waals surface area contributed by atoms with Crippen molar-refractivity contribution < 1.29 is 45.0 Å². The average Bonchev–Trinajstić information content (AvgIpc) is 3.15. The molecule has 1 unspecified atom stereocenters. The van der Waals surface area contributed by atoms with Crippen LogP contribution in [0.4, 0.5) is 42.1 Å². The third kappa shape index (κ3) is 6.67. The molecular formula is C23H20ClF7N4O3. The van der Waals surface area contributed by atoms with Crippen LogP contribution in [-0.2, 0) is 11.8 Å². The Morgan fingerprint density at radius 3 is 2.37 bits per heavy atom. The number of alkyl halides is 6. The number of carbonyl (C=O) groups is 1. The van der Waals surface area contributed by atoms with Crippen molar-refractivity contribution in [1.29, 1.82) is 0 Å². The van der Waals surface area contributed by atoms with Gasteiger partial charge < -0.3 is 15.2 Å². The predicted octanol–water partition coefficient (Wildman–Crippen LogP) is 5.77.